The average molecular weight is 663 g/mol. The normalized spacial score (nSPS) is 18.6. The van der Waals surface area contributed by atoms with Gasteiger partial charge in [-0.05, 0) is 38.1 Å². The van der Waals surface area contributed by atoms with E-state index in [0.29, 0.717) is 83.8 Å². The number of likely N-dealkylation sites (tertiary alicyclic amines) is 1. The van der Waals surface area contributed by atoms with E-state index in [-0.39, 0.29) is 35.7 Å². The first-order chi connectivity index (χ1) is 22.7. The molecule has 4 heterocycles. The van der Waals surface area contributed by atoms with Gasteiger partial charge in [-0.3, -0.25) is 4.79 Å². The van der Waals surface area contributed by atoms with Crippen LogP contribution in [0.3, 0.4) is 0 Å². The molecular formula is C34H36ClFN6O5. The summed E-state index contributed by atoms with van der Waals surface area (Å²) in [5, 5.41) is 4.01. The molecule has 1 N–H and O–H groups in total. The molecule has 0 bridgehead atoms. The predicted octanol–water partition coefficient (Wildman–Crippen LogP) is 6.53. The van der Waals surface area contributed by atoms with Crippen molar-refractivity contribution in [1.29, 1.82) is 0 Å². The van der Waals surface area contributed by atoms with Gasteiger partial charge in [-0.2, -0.15) is 0 Å². The zero-order valence-electron chi connectivity index (χ0n) is 26.4. The second kappa shape index (κ2) is 14.0. The van der Waals surface area contributed by atoms with Gasteiger partial charge in [0, 0.05) is 62.6 Å². The number of benzene rings is 2. The molecule has 2 aromatic heterocycles. The highest BCUT2D eigenvalue weighted by atomic mass is 35.5. The summed E-state index contributed by atoms with van der Waals surface area (Å²) in [6.45, 7) is 10.1. The van der Waals surface area contributed by atoms with E-state index in [1.54, 1.807) is 42.3 Å². The standard InChI is InChI=1S/C34H36ClFN6O5/c1-5-33(43)41-10-8-22(9-11-41)46-31-13-24-28(14-30(31)44-4)38-19-39-34(24)40-27-7-6-23(12-26(27)36)47-29-15-32(37-16-25(29)35)42-17-20(2)45-21(3)18-42/h5-7,12-16,19-22H,1,8-11,17-18H2,2-4H3,(H,38,39,40)/t20-,21+. The Morgan fingerprint density at radius 2 is 1.83 bits per heavy atom. The first kappa shape index (κ1) is 32.3. The van der Waals surface area contributed by atoms with Gasteiger partial charge in [0.25, 0.3) is 0 Å². The summed E-state index contributed by atoms with van der Waals surface area (Å²) in [6, 6.07) is 9.78. The number of piperidine rings is 1. The van der Waals surface area contributed by atoms with E-state index >= 15 is 4.39 Å². The molecule has 2 saturated heterocycles. The summed E-state index contributed by atoms with van der Waals surface area (Å²) >= 11 is 6.41. The molecule has 2 aliphatic rings. The maximum Gasteiger partial charge on any atom is 0.245 e. The molecule has 0 saturated carbocycles. The zero-order valence-corrected chi connectivity index (χ0v) is 27.2. The van der Waals surface area contributed by atoms with Crippen LogP contribution in [-0.2, 0) is 9.53 Å². The summed E-state index contributed by atoms with van der Waals surface area (Å²) in [6.07, 6.45) is 5.57. The Bertz CT molecular complexity index is 1780. The number of morpholine rings is 1. The molecule has 2 fully saturated rings. The molecule has 2 atom stereocenters. The van der Waals surface area contributed by atoms with E-state index in [4.69, 9.17) is 30.5 Å². The van der Waals surface area contributed by atoms with Crippen molar-refractivity contribution in [3.05, 3.63) is 72.4 Å². The zero-order chi connectivity index (χ0) is 33.1. The molecule has 47 heavy (non-hydrogen) atoms. The molecule has 1 amide bonds. The number of hydrogen-bond acceptors (Lipinski definition) is 10. The largest absolute Gasteiger partial charge is 0.493 e. The number of carbonyl (C=O) groups is 1. The van der Waals surface area contributed by atoms with Crippen LogP contribution in [0.1, 0.15) is 26.7 Å². The van der Waals surface area contributed by atoms with E-state index in [0.717, 1.165) is 0 Å². The Balaban J connectivity index is 1.19. The minimum Gasteiger partial charge on any atom is -0.493 e. The van der Waals surface area contributed by atoms with Crippen LogP contribution in [0, 0.1) is 5.82 Å². The van der Waals surface area contributed by atoms with E-state index in [2.05, 4.69) is 31.7 Å². The van der Waals surface area contributed by atoms with Crippen molar-refractivity contribution in [2.24, 2.45) is 0 Å². The van der Waals surface area contributed by atoms with Crippen molar-refractivity contribution in [2.45, 2.75) is 45.0 Å². The maximum absolute atomic E-state index is 15.5. The van der Waals surface area contributed by atoms with E-state index < -0.39 is 5.82 Å². The molecule has 246 valence electrons. The molecule has 0 unspecified atom stereocenters. The van der Waals surface area contributed by atoms with Gasteiger partial charge >= 0.3 is 0 Å². The topological polar surface area (TPSA) is 111 Å². The minimum atomic E-state index is -0.554. The Morgan fingerprint density at radius 1 is 1.06 bits per heavy atom. The highest BCUT2D eigenvalue weighted by molar-refractivity contribution is 6.32. The monoisotopic (exact) mass is 662 g/mol. The number of methoxy groups -OCH3 is 1. The van der Waals surface area contributed by atoms with Crippen molar-refractivity contribution in [3.8, 4) is 23.0 Å². The van der Waals surface area contributed by atoms with Crippen LogP contribution >= 0.6 is 11.6 Å². The van der Waals surface area contributed by atoms with Gasteiger partial charge in [-0.1, -0.05) is 18.2 Å². The lowest BCUT2D eigenvalue weighted by Crippen LogP contribution is -2.45. The second-order valence-electron chi connectivity index (χ2n) is 11.6. The number of pyridine rings is 1. The van der Waals surface area contributed by atoms with Gasteiger partial charge in [0.1, 0.15) is 40.7 Å². The van der Waals surface area contributed by atoms with Crippen LogP contribution < -0.4 is 24.4 Å². The summed E-state index contributed by atoms with van der Waals surface area (Å²) in [7, 11) is 1.56. The molecule has 13 heteroatoms. The number of amides is 1. The lowest BCUT2D eigenvalue weighted by molar-refractivity contribution is -0.127. The minimum absolute atomic E-state index is 0.0572. The SMILES string of the molecule is C=CC(=O)N1CCC(Oc2cc3c(Nc4ccc(Oc5cc(N6C[C@@H](C)O[C@@H](C)C6)ncc5Cl)cc4F)ncnc3cc2OC)CC1. The molecule has 2 aliphatic heterocycles. The molecule has 0 radical (unpaired) electrons. The second-order valence-corrected chi connectivity index (χ2v) is 12.0. The quantitative estimate of drug-likeness (QED) is 0.199. The number of aromatic nitrogens is 3. The number of carbonyl (C=O) groups excluding carboxylic acids is 1. The predicted molar refractivity (Wildman–Crippen MR) is 178 cm³/mol. The fourth-order valence-electron chi connectivity index (χ4n) is 5.86. The molecule has 0 aliphatic carbocycles. The van der Waals surface area contributed by atoms with E-state index in [1.165, 1.54) is 24.7 Å². The van der Waals surface area contributed by atoms with Crippen LogP contribution in [0.15, 0.2) is 61.6 Å². The third kappa shape index (κ3) is 7.34. The van der Waals surface area contributed by atoms with Crippen LogP contribution in [0.4, 0.5) is 21.7 Å². The number of ether oxygens (including phenoxy) is 4. The van der Waals surface area contributed by atoms with Gasteiger partial charge in [0.15, 0.2) is 17.2 Å². The highest BCUT2D eigenvalue weighted by Gasteiger charge is 2.25. The molecule has 4 aromatic rings. The van der Waals surface area contributed by atoms with Crippen molar-refractivity contribution in [3.63, 3.8) is 0 Å². The third-order valence-corrected chi connectivity index (χ3v) is 8.40. The Labute approximate surface area is 277 Å². The number of halogens is 2. The first-order valence-electron chi connectivity index (χ1n) is 15.4. The maximum atomic E-state index is 15.5. The number of anilines is 3. The summed E-state index contributed by atoms with van der Waals surface area (Å²) in [5.41, 5.74) is 0.776. The number of nitrogens with zero attached hydrogens (tertiary/aromatic N) is 5. The van der Waals surface area contributed by atoms with Crippen molar-refractivity contribution in [1.82, 2.24) is 19.9 Å². The Kier molecular flexibility index (Phi) is 9.60. The molecule has 11 nitrogen and oxygen atoms in total. The van der Waals surface area contributed by atoms with Crippen molar-refractivity contribution in [2.75, 3.05) is 43.5 Å². The third-order valence-electron chi connectivity index (χ3n) is 8.11. The van der Waals surface area contributed by atoms with Crippen LogP contribution in [0.5, 0.6) is 23.0 Å². The molecule has 0 spiro atoms. The van der Waals surface area contributed by atoms with Gasteiger partial charge in [-0.15, -0.1) is 0 Å². The van der Waals surface area contributed by atoms with Crippen molar-refractivity contribution < 1.29 is 28.1 Å². The highest BCUT2D eigenvalue weighted by Crippen LogP contribution is 2.38. The number of fused-ring (bicyclic) bond motifs is 1. The number of rotatable bonds is 9. The summed E-state index contributed by atoms with van der Waals surface area (Å²) < 4.78 is 39.2. The first-order valence-corrected chi connectivity index (χ1v) is 15.8. The summed E-state index contributed by atoms with van der Waals surface area (Å²) in [4.78, 5) is 29.1. The van der Waals surface area contributed by atoms with Crippen LogP contribution in [-0.4, -0.2) is 77.4 Å². The lowest BCUT2D eigenvalue weighted by Gasteiger charge is -2.36. The van der Waals surface area contributed by atoms with E-state index in [9.17, 15) is 4.79 Å². The average Bonchev–Trinajstić information content (AvgIpc) is 3.06. The Hall–Kier alpha value is -4.68. The van der Waals surface area contributed by atoms with Gasteiger partial charge in [0.05, 0.1) is 36.7 Å². The van der Waals surface area contributed by atoms with Gasteiger partial charge in [-0.25, -0.2) is 19.3 Å². The fourth-order valence-corrected chi connectivity index (χ4v) is 6.00. The van der Waals surface area contributed by atoms with Gasteiger partial charge in [0.2, 0.25) is 5.91 Å². The lowest BCUT2D eigenvalue weighted by atomic mass is 10.1. The molecular weight excluding hydrogens is 627 g/mol. The Morgan fingerprint density at radius 3 is 2.53 bits per heavy atom. The van der Waals surface area contributed by atoms with Crippen molar-refractivity contribution >= 4 is 45.7 Å². The molecule has 6 rings (SSSR count). The van der Waals surface area contributed by atoms with Crippen LogP contribution in [0.2, 0.25) is 5.02 Å². The van der Waals surface area contributed by atoms with E-state index in [1.807, 2.05) is 13.8 Å². The number of hydrogen-bond donors (Lipinski definition) is 1. The van der Waals surface area contributed by atoms with Gasteiger partial charge < -0.3 is 34.1 Å². The smallest absolute Gasteiger partial charge is 0.245 e. The molecule has 2 aromatic carbocycles. The fraction of sp³-hybridized carbons (Fsp3) is 0.353. The van der Waals surface area contributed by atoms with Crippen LogP contribution in [0.25, 0.3) is 10.9 Å². The number of nitrogens with one attached hydrogen (secondary N) is 1. The summed E-state index contributed by atoms with van der Waals surface area (Å²) in [5.74, 6) is 2.09.